The Morgan fingerprint density at radius 2 is 1.52 bits per heavy atom. The number of hydrogen-bond acceptors (Lipinski definition) is 6. The second-order valence-corrected chi connectivity index (χ2v) is 9.32. The van der Waals surface area contributed by atoms with Gasteiger partial charge >= 0.3 is 0 Å². The van der Waals surface area contributed by atoms with E-state index >= 15 is 0 Å². The number of sulfonamides is 1. The van der Waals surface area contributed by atoms with Gasteiger partial charge in [-0.2, -0.15) is 0 Å². The van der Waals surface area contributed by atoms with Crippen LogP contribution >= 0.6 is 0 Å². The summed E-state index contributed by atoms with van der Waals surface area (Å²) in [6, 6.07) is 12.5. The van der Waals surface area contributed by atoms with Crippen LogP contribution in [0.1, 0.15) is 31.4 Å². The molecule has 0 spiro atoms. The van der Waals surface area contributed by atoms with Crippen LogP contribution in [0.5, 0.6) is 0 Å². The van der Waals surface area contributed by atoms with Crippen LogP contribution in [0.3, 0.4) is 0 Å². The molecule has 0 amide bonds. The lowest BCUT2D eigenvalue weighted by Crippen LogP contribution is -2.25. The van der Waals surface area contributed by atoms with E-state index in [0.717, 1.165) is 42.7 Å². The average Bonchev–Trinajstić information content (AvgIpc) is 2.74. The highest BCUT2D eigenvalue weighted by Crippen LogP contribution is 2.25. The van der Waals surface area contributed by atoms with Crippen LogP contribution in [0.25, 0.3) is 11.0 Å². The van der Waals surface area contributed by atoms with Crippen molar-refractivity contribution in [2.75, 3.05) is 36.2 Å². The molecule has 0 saturated heterocycles. The average molecular weight is 442 g/mol. The largest absolute Gasteiger partial charge is 0.367 e. The normalized spacial score (nSPS) is 11.8. The van der Waals surface area contributed by atoms with Crippen LogP contribution in [0.4, 0.5) is 11.6 Å². The minimum Gasteiger partial charge on any atom is -0.367 e. The molecular weight excluding hydrogens is 410 g/mol. The first-order valence-corrected chi connectivity index (χ1v) is 12.1. The van der Waals surface area contributed by atoms with E-state index in [0.29, 0.717) is 17.9 Å². The highest BCUT2D eigenvalue weighted by Gasteiger charge is 2.19. The van der Waals surface area contributed by atoms with Crippen molar-refractivity contribution in [3.63, 3.8) is 0 Å². The summed E-state index contributed by atoms with van der Waals surface area (Å²) in [4.78, 5) is 11.8. The first-order chi connectivity index (χ1) is 14.8. The summed E-state index contributed by atoms with van der Waals surface area (Å²) < 4.78 is 28.5. The van der Waals surface area contributed by atoms with Gasteiger partial charge in [0.15, 0.2) is 11.6 Å². The number of fused-ring (bicyclic) bond motifs is 1. The molecule has 0 atom stereocenters. The van der Waals surface area contributed by atoms with Gasteiger partial charge in [-0.1, -0.05) is 37.6 Å². The molecule has 3 rings (SSSR count). The minimum absolute atomic E-state index is 0.191. The van der Waals surface area contributed by atoms with Gasteiger partial charge in [0.25, 0.3) is 10.0 Å². The standard InChI is InChI=1S/C23H31N5O2S/c1-5-28(6-2)15-7-14-24-22-23(25-20-13-10-18(4)16-21(20)26-22)27-31(29,30)19-11-8-17(3)9-12-19/h8-13,16H,5-7,14-15H2,1-4H3,(H,24,26)(H,25,27). The molecule has 31 heavy (non-hydrogen) atoms. The highest BCUT2D eigenvalue weighted by molar-refractivity contribution is 7.92. The van der Waals surface area contributed by atoms with Crippen molar-refractivity contribution in [2.45, 2.75) is 39.0 Å². The van der Waals surface area contributed by atoms with Crippen molar-refractivity contribution < 1.29 is 8.42 Å². The molecule has 8 heteroatoms. The Hall–Kier alpha value is -2.71. The zero-order valence-electron chi connectivity index (χ0n) is 18.6. The smallest absolute Gasteiger partial charge is 0.263 e. The number of aryl methyl sites for hydroxylation is 2. The summed E-state index contributed by atoms with van der Waals surface area (Å²) in [7, 11) is -3.78. The van der Waals surface area contributed by atoms with Crippen molar-refractivity contribution in [1.29, 1.82) is 0 Å². The minimum atomic E-state index is -3.78. The molecule has 1 aromatic heterocycles. The lowest BCUT2D eigenvalue weighted by molar-refractivity contribution is 0.303. The number of benzene rings is 2. The molecule has 0 bridgehead atoms. The number of nitrogens with one attached hydrogen (secondary N) is 2. The molecule has 0 saturated carbocycles. The molecule has 0 aliphatic heterocycles. The lowest BCUT2D eigenvalue weighted by atomic mass is 10.2. The van der Waals surface area contributed by atoms with Gasteiger partial charge < -0.3 is 10.2 Å². The van der Waals surface area contributed by atoms with E-state index in [4.69, 9.17) is 0 Å². The Bertz CT molecular complexity index is 1130. The molecule has 166 valence electrons. The summed E-state index contributed by atoms with van der Waals surface area (Å²) in [5.41, 5.74) is 3.43. The van der Waals surface area contributed by atoms with E-state index < -0.39 is 10.0 Å². The van der Waals surface area contributed by atoms with Crippen molar-refractivity contribution in [3.8, 4) is 0 Å². The van der Waals surface area contributed by atoms with Crippen LogP contribution < -0.4 is 10.0 Å². The fourth-order valence-electron chi connectivity index (χ4n) is 3.31. The molecule has 2 aromatic carbocycles. The predicted molar refractivity (Wildman–Crippen MR) is 127 cm³/mol. The van der Waals surface area contributed by atoms with E-state index in [1.807, 2.05) is 32.0 Å². The molecule has 2 N–H and O–H groups in total. The van der Waals surface area contributed by atoms with E-state index in [1.165, 1.54) is 0 Å². The fourth-order valence-corrected chi connectivity index (χ4v) is 4.32. The Morgan fingerprint density at radius 1 is 0.871 bits per heavy atom. The molecule has 0 aliphatic carbocycles. The van der Waals surface area contributed by atoms with Gasteiger partial charge in [-0.25, -0.2) is 18.4 Å². The van der Waals surface area contributed by atoms with Crippen LogP contribution in [0.15, 0.2) is 47.4 Å². The number of aromatic nitrogens is 2. The Kier molecular flexibility index (Phi) is 7.46. The van der Waals surface area contributed by atoms with Gasteiger partial charge in [-0.05, 0) is 69.7 Å². The number of nitrogens with zero attached hydrogens (tertiary/aromatic N) is 3. The first kappa shape index (κ1) is 23.0. The highest BCUT2D eigenvalue weighted by atomic mass is 32.2. The van der Waals surface area contributed by atoms with Crippen LogP contribution in [0.2, 0.25) is 0 Å². The van der Waals surface area contributed by atoms with Crippen LogP contribution in [-0.4, -0.2) is 49.5 Å². The number of rotatable bonds is 10. The lowest BCUT2D eigenvalue weighted by Gasteiger charge is -2.18. The fraction of sp³-hybridized carbons (Fsp3) is 0.391. The third-order valence-electron chi connectivity index (χ3n) is 5.22. The first-order valence-electron chi connectivity index (χ1n) is 10.7. The maximum Gasteiger partial charge on any atom is 0.263 e. The monoisotopic (exact) mass is 441 g/mol. The zero-order valence-corrected chi connectivity index (χ0v) is 19.5. The molecule has 3 aromatic rings. The van der Waals surface area contributed by atoms with E-state index in [9.17, 15) is 8.42 Å². The van der Waals surface area contributed by atoms with E-state index in [1.54, 1.807) is 24.3 Å². The van der Waals surface area contributed by atoms with Crippen molar-refractivity contribution >= 4 is 32.7 Å². The van der Waals surface area contributed by atoms with Gasteiger partial charge in [-0.15, -0.1) is 0 Å². The van der Waals surface area contributed by atoms with E-state index in [-0.39, 0.29) is 10.7 Å². The van der Waals surface area contributed by atoms with Crippen molar-refractivity contribution in [1.82, 2.24) is 14.9 Å². The second kappa shape index (κ2) is 10.1. The quantitative estimate of drug-likeness (QED) is 0.459. The zero-order chi connectivity index (χ0) is 22.4. The van der Waals surface area contributed by atoms with Crippen LogP contribution in [-0.2, 0) is 10.0 Å². The molecule has 0 fully saturated rings. The summed E-state index contributed by atoms with van der Waals surface area (Å²) in [6.45, 7) is 11.8. The third-order valence-corrected chi connectivity index (χ3v) is 6.57. The van der Waals surface area contributed by atoms with Crippen LogP contribution in [0, 0.1) is 13.8 Å². The topological polar surface area (TPSA) is 87.2 Å². The third kappa shape index (κ3) is 5.92. The Balaban J connectivity index is 1.88. The summed E-state index contributed by atoms with van der Waals surface area (Å²) in [5.74, 6) is 0.646. The van der Waals surface area contributed by atoms with E-state index in [2.05, 4.69) is 38.8 Å². The Morgan fingerprint density at radius 3 is 2.19 bits per heavy atom. The molecule has 0 radical (unpaired) electrons. The predicted octanol–water partition coefficient (Wildman–Crippen LogP) is 4.19. The Labute approximate surface area is 185 Å². The van der Waals surface area contributed by atoms with Gasteiger partial charge in [0, 0.05) is 6.54 Å². The van der Waals surface area contributed by atoms with Crippen molar-refractivity contribution in [3.05, 3.63) is 53.6 Å². The number of hydrogen-bond donors (Lipinski definition) is 2. The molecule has 0 unspecified atom stereocenters. The van der Waals surface area contributed by atoms with Crippen molar-refractivity contribution in [2.24, 2.45) is 0 Å². The maximum atomic E-state index is 12.9. The molecular formula is C23H31N5O2S. The summed E-state index contributed by atoms with van der Waals surface area (Å²) >= 11 is 0. The molecule has 1 heterocycles. The SMILES string of the molecule is CCN(CC)CCCNc1nc2cc(C)ccc2nc1NS(=O)(=O)c1ccc(C)cc1. The second-order valence-electron chi connectivity index (χ2n) is 7.64. The molecule has 0 aliphatic rings. The maximum absolute atomic E-state index is 12.9. The summed E-state index contributed by atoms with van der Waals surface area (Å²) in [6.07, 6.45) is 0.916. The van der Waals surface area contributed by atoms with Gasteiger partial charge in [0.05, 0.1) is 15.9 Å². The van der Waals surface area contributed by atoms with Gasteiger partial charge in [-0.3, -0.25) is 4.72 Å². The van der Waals surface area contributed by atoms with Gasteiger partial charge in [0.2, 0.25) is 0 Å². The number of anilines is 2. The molecule has 7 nitrogen and oxygen atoms in total. The van der Waals surface area contributed by atoms with Gasteiger partial charge in [0.1, 0.15) is 0 Å². The summed E-state index contributed by atoms with van der Waals surface area (Å²) in [5, 5.41) is 3.28.